The van der Waals surface area contributed by atoms with Crippen LogP contribution in [0.5, 0.6) is 0 Å². The highest BCUT2D eigenvalue weighted by Gasteiger charge is 2.14. The molecular formula is C17H16N4O2. The van der Waals surface area contributed by atoms with E-state index < -0.39 is 5.97 Å². The first kappa shape index (κ1) is 14.8. The molecule has 1 aromatic carbocycles. The van der Waals surface area contributed by atoms with Gasteiger partial charge in [0.25, 0.3) is 0 Å². The molecule has 2 heterocycles. The monoisotopic (exact) mass is 308 g/mol. The first-order valence-corrected chi connectivity index (χ1v) is 7.08. The van der Waals surface area contributed by atoms with Crippen LogP contribution in [-0.4, -0.2) is 26.0 Å². The molecule has 3 aromatic rings. The van der Waals surface area contributed by atoms with E-state index in [0.29, 0.717) is 22.8 Å². The number of aromatic nitrogens is 3. The number of nitrogen functional groups attached to an aromatic ring is 1. The average Bonchev–Trinajstić information content (AvgIpc) is 3.00. The summed E-state index contributed by atoms with van der Waals surface area (Å²) in [5.41, 5.74) is 10.7. The molecule has 6 nitrogen and oxygen atoms in total. The number of nitrogens with one attached hydrogen (secondary N) is 1. The molecule has 3 rings (SSSR count). The molecule has 23 heavy (non-hydrogen) atoms. The fourth-order valence-corrected chi connectivity index (χ4v) is 2.38. The second kappa shape index (κ2) is 5.57. The van der Waals surface area contributed by atoms with Crippen LogP contribution < -0.4 is 5.73 Å². The van der Waals surface area contributed by atoms with Crippen LogP contribution in [0.1, 0.15) is 21.6 Å². The predicted octanol–water partition coefficient (Wildman–Crippen LogP) is 3.04. The zero-order valence-corrected chi connectivity index (χ0v) is 12.8. The number of anilines is 1. The van der Waals surface area contributed by atoms with Gasteiger partial charge >= 0.3 is 5.97 Å². The number of aryl methyl sites for hydroxylation is 2. The van der Waals surface area contributed by atoms with Crippen molar-refractivity contribution >= 4 is 11.7 Å². The number of hydrogen-bond donors (Lipinski definition) is 3. The van der Waals surface area contributed by atoms with E-state index in [1.807, 2.05) is 32.0 Å². The van der Waals surface area contributed by atoms with Crippen LogP contribution in [0.15, 0.2) is 36.7 Å². The van der Waals surface area contributed by atoms with E-state index >= 15 is 0 Å². The van der Waals surface area contributed by atoms with Crippen molar-refractivity contribution in [1.82, 2.24) is 15.0 Å². The topological polar surface area (TPSA) is 105 Å². The number of carboxylic acid groups (broad SMARTS) is 1. The Labute approximate surface area is 133 Å². The van der Waals surface area contributed by atoms with Gasteiger partial charge in [-0.05, 0) is 31.5 Å². The maximum absolute atomic E-state index is 11.0. The SMILES string of the molecule is Cc1ccc(C)c(-c2ncc(N)c(-c3c[nH]c(C(=O)O)c3)n2)c1. The van der Waals surface area contributed by atoms with Crippen LogP contribution >= 0.6 is 0 Å². The summed E-state index contributed by atoms with van der Waals surface area (Å²) >= 11 is 0. The molecule has 0 aliphatic heterocycles. The van der Waals surface area contributed by atoms with Crippen LogP contribution in [0.4, 0.5) is 5.69 Å². The minimum absolute atomic E-state index is 0.0892. The number of benzene rings is 1. The Balaban J connectivity index is 2.12. The van der Waals surface area contributed by atoms with Gasteiger partial charge in [-0.15, -0.1) is 0 Å². The molecule has 0 radical (unpaired) electrons. The smallest absolute Gasteiger partial charge is 0.352 e. The lowest BCUT2D eigenvalue weighted by atomic mass is 10.0. The third-order valence-electron chi connectivity index (χ3n) is 3.64. The van der Waals surface area contributed by atoms with Gasteiger partial charge in [0, 0.05) is 17.3 Å². The molecule has 0 aliphatic rings. The first-order chi connectivity index (χ1) is 11.0. The summed E-state index contributed by atoms with van der Waals surface area (Å²) < 4.78 is 0. The van der Waals surface area contributed by atoms with E-state index in [0.717, 1.165) is 16.7 Å². The van der Waals surface area contributed by atoms with E-state index in [-0.39, 0.29) is 5.69 Å². The van der Waals surface area contributed by atoms with Gasteiger partial charge in [0.1, 0.15) is 5.69 Å². The molecule has 2 aromatic heterocycles. The maximum atomic E-state index is 11.0. The summed E-state index contributed by atoms with van der Waals surface area (Å²) in [6.07, 6.45) is 3.13. The third kappa shape index (κ3) is 2.78. The Hall–Kier alpha value is -3.15. The van der Waals surface area contributed by atoms with E-state index in [9.17, 15) is 4.79 Å². The second-order valence-corrected chi connectivity index (χ2v) is 5.42. The molecule has 116 valence electrons. The number of hydrogen-bond acceptors (Lipinski definition) is 4. The van der Waals surface area contributed by atoms with Crippen LogP contribution in [0.2, 0.25) is 0 Å². The van der Waals surface area contributed by atoms with Gasteiger partial charge in [-0.3, -0.25) is 0 Å². The molecule has 0 bridgehead atoms. The third-order valence-corrected chi connectivity index (χ3v) is 3.64. The minimum atomic E-state index is -1.03. The van der Waals surface area contributed by atoms with Crippen molar-refractivity contribution in [2.45, 2.75) is 13.8 Å². The lowest BCUT2D eigenvalue weighted by molar-refractivity contribution is 0.0691. The van der Waals surface area contributed by atoms with Crippen LogP contribution in [-0.2, 0) is 0 Å². The van der Waals surface area contributed by atoms with Gasteiger partial charge in [0.15, 0.2) is 5.82 Å². The maximum Gasteiger partial charge on any atom is 0.352 e. The van der Waals surface area contributed by atoms with Gasteiger partial charge in [0.2, 0.25) is 0 Å². The normalized spacial score (nSPS) is 10.7. The first-order valence-electron chi connectivity index (χ1n) is 7.08. The highest BCUT2D eigenvalue weighted by atomic mass is 16.4. The lowest BCUT2D eigenvalue weighted by Gasteiger charge is -2.09. The van der Waals surface area contributed by atoms with Crippen molar-refractivity contribution in [3.8, 4) is 22.6 Å². The summed E-state index contributed by atoms with van der Waals surface area (Å²) in [5, 5.41) is 9.02. The molecule has 0 fully saturated rings. The number of H-pyrrole nitrogens is 1. The van der Waals surface area contributed by atoms with Gasteiger partial charge in [-0.25, -0.2) is 14.8 Å². The van der Waals surface area contributed by atoms with Gasteiger partial charge in [-0.1, -0.05) is 17.7 Å². The summed E-state index contributed by atoms with van der Waals surface area (Å²) in [6, 6.07) is 7.57. The molecule has 0 unspecified atom stereocenters. The fourth-order valence-electron chi connectivity index (χ4n) is 2.38. The Morgan fingerprint density at radius 1 is 1.26 bits per heavy atom. The standard InChI is InChI=1S/C17H16N4O2/c1-9-3-4-10(2)12(5-9)16-20-8-13(18)15(21-16)11-6-14(17(22)23)19-7-11/h3-8,19H,18H2,1-2H3,(H,22,23). The second-order valence-electron chi connectivity index (χ2n) is 5.42. The zero-order chi connectivity index (χ0) is 16.6. The minimum Gasteiger partial charge on any atom is -0.477 e. The number of nitrogens with two attached hydrogens (primary N) is 1. The molecule has 0 amide bonds. The number of aromatic carboxylic acids is 1. The lowest BCUT2D eigenvalue weighted by Crippen LogP contribution is -1.99. The van der Waals surface area contributed by atoms with Crippen molar-refractivity contribution < 1.29 is 9.90 Å². The summed E-state index contributed by atoms with van der Waals surface area (Å²) in [7, 11) is 0. The number of nitrogens with zero attached hydrogens (tertiary/aromatic N) is 2. The summed E-state index contributed by atoms with van der Waals surface area (Å²) in [6.45, 7) is 4.00. The van der Waals surface area contributed by atoms with E-state index in [4.69, 9.17) is 10.8 Å². The highest BCUT2D eigenvalue weighted by Crippen LogP contribution is 2.28. The van der Waals surface area contributed by atoms with Crippen LogP contribution in [0.25, 0.3) is 22.6 Å². The van der Waals surface area contributed by atoms with Crippen molar-refractivity contribution in [3.05, 3.63) is 53.5 Å². The average molecular weight is 308 g/mol. The Morgan fingerprint density at radius 2 is 2.04 bits per heavy atom. The molecule has 0 aliphatic carbocycles. The number of rotatable bonds is 3. The van der Waals surface area contributed by atoms with Crippen molar-refractivity contribution in [1.29, 1.82) is 0 Å². The van der Waals surface area contributed by atoms with Gasteiger partial charge < -0.3 is 15.8 Å². The van der Waals surface area contributed by atoms with E-state index in [1.54, 1.807) is 12.4 Å². The van der Waals surface area contributed by atoms with E-state index in [1.165, 1.54) is 6.07 Å². The molecule has 4 N–H and O–H groups in total. The molecule has 0 saturated carbocycles. The number of carbonyl (C=O) groups is 1. The Morgan fingerprint density at radius 3 is 2.74 bits per heavy atom. The molecule has 0 saturated heterocycles. The number of carboxylic acids is 1. The van der Waals surface area contributed by atoms with Crippen molar-refractivity contribution in [2.24, 2.45) is 0 Å². The van der Waals surface area contributed by atoms with E-state index in [2.05, 4.69) is 15.0 Å². The highest BCUT2D eigenvalue weighted by molar-refractivity contribution is 5.88. The van der Waals surface area contributed by atoms with Crippen molar-refractivity contribution in [3.63, 3.8) is 0 Å². The molecule has 0 spiro atoms. The van der Waals surface area contributed by atoms with Crippen LogP contribution in [0.3, 0.4) is 0 Å². The zero-order valence-electron chi connectivity index (χ0n) is 12.8. The summed E-state index contributed by atoms with van der Waals surface area (Å²) in [5.74, 6) is -0.466. The molecule has 6 heteroatoms. The van der Waals surface area contributed by atoms with Crippen LogP contribution in [0, 0.1) is 13.8 Å². The number of aromatic amines is 1. The van der Waals surface area contributed by atoms with Gasteiger partial charge in [-0.2, -0.15) is 0 Å². The molecule has 0 atom stereocenters. The molecular weight excluding hydrogens is 292 g/mol. The quantitative estimate of drug-likeness (QED) is 0.689. The summed E-state index contributed by atoms with van der Waals surface area (Å²) in [4.78, 5) is 22.6. The predicted molar refractivity (Wildman–Crippen MR) is 88.1 cm³/mol. The largest absolute Gasteiger partial charge is 0.477 e. The van der Waals surface area contributed by atoms with Crippen molar-refractivity contribution in [2.75, 3.05) is 5.73 Å². The Kier molecular flexibility index (Phi) is 3.57. The Bertz CT molecular complexity index is 899. The van der Waals surface area contributed by atoms with Gasteiger partial charge in [0.05, 0.1) is 17.6 Å². The fraction of sp³-hybridized carbons (Fsp3) is 0.118.